The Hall–Kier alpha value is -2.49. The van der Waals surface area contributed by atoms with Gasteiger partial charge in [0.2, 0.25) is 0 Å². The van der Waals surface area contributed by atoms with Crippen molar-refractivity contribution in [3.05, 3.63) is 59.7 Å². The highest BCUT2D eigenvalue weighted by atomic mass is 16.5. The van der Waals surface area contributed by atoms with Gasteiger partial charge in [-0.15, -0.1) is 0 Å². The summed E-state index contributed by atoms with van der Waals surface area (Å²) in [4.78, 5) is 15.2. The molecule has 3 atom stereocenters. The Morgan fingerprint density at radius 2 is 1.77 bits per heavy atom. The van der Waals surface area contributed by atoms with Crippen molar-refractivity contribution in [2.75, 3.05) is 18.0 Å². The van der Waals surface area contributed by atoms with E-state index in [9.17, 15) is 4.79 Å². The number of hydrogen-bond donors (Lipinski definition) is 1. The summed E-state index contributed by atoms with van der Waals surface area (Å²) < 4.78 is 6.00. The van der Waals surface area contributed by atoms with Crippen molar-refractivity contribution in [2.24, 2.45) is 5.92 Å². The van der Waals surface area contributed by atoms with Gasteiger partial charge < -0.3 is 15.0 Å². The molecule has 2 aromatic rings. The number of anilines is 1. The number of carbonyl (C=O) groups excluding carboxylic acids is 1. The fraction of sp³-hybridized carbons (Fsp3) is 0.500. The van der Waals surface area contributed by atoms with Crippen LogP contribution in [0.5, 0.6) is 5.75 Å². The number of nitrogens with one attached hydrogen (secondary N) is 1. The maximum absolute atomic E-state index is 12.7. The van der Waals surface area contributed by atoms with Crippen molar-refractivity contribution in [2.45, 2.75) is 65.5 Å². The number of carbonyl (C=O) groups is 1. The molecule has 1 N–H and O–H groups in total. The van der Waals surface area contributed by atoms with Gasteiger partial charge in [0.25, 0.3) is 5.91 Å². The van der Waals surface area contributed by atoms with Gasteiger partial charge in [0, 0.05) is 18.8 Å². The van der Waals surface area contributed by atoms with Crippen molar-refractivity contribution in [1.29, 1.82) is 0 Å². The lowest BCUT2D eigenvalue weighted by Gasteiger charge is -2.33. The number of nitrogens with zero attached hydrogens (tertiary/aromatic N) is 1. The summed E-state index contributed by atoms with van der Waals surface area (Å²) in [6.07, 6.45) is 2.02. The highest BCUT2D eigenvalue weighted by molar-refractivity contribution is 5.81. The highest BCUT2D eigenvalue weighted by Crippen LogP contribution is 2.27. The van der Waals surface area contributed by atoms with Gasteiger partial charge in [-0.25, -0.2) is 0 Å². The van der Waals surface area contributed by atoms with Crippen LogP contribution in [0, 0.1) is 5.92 Å². The first-order chi connectivity index (χ1) is 14.3. The zero-order chi connectivity index (χ0) is 21.7. The minimum atomic E-state index is -0.554. The minimum absolute atomic E-state index is 0.0711. The van der Waals surface area contributed by atoms with Crippen molar-refractivity contribution in [3.63, 3.8) is 0 Å². The monoisotopic (exact) mass is 408 g/mol. The lowest BCUT2D eigenvalue weighted by atomic mass is 9.99. The molecular weight excluding hydrogens is 372 g/mol. The Morgan fingerprint density at radius 1 is 1.07 bits per heavy atom. The van der Waals surface area contributed by atoms with Crippen LogP contribution in [0.25, 0.3) is 0 Å². The smallest absolute Gasteiger partial charge is 0.261 e. The van der Waals surface area contributed by atoms with Gasteiger partial charge in [0.05, 0.1) is 6.04 Å². The molecule has 4 heteroatoms. The van der Waals surface area contributed by atoms with Crippen LogP contribution in [0.3, 0.4) is 0 Å². The number of amides is 1. The largest absolute Gasteiger partial charge is 0.481 e. The van der Waals surface area contributed by atoms with Gasteiger partial charge in [-0.3, -0.25) is 4.79 Å². The molecular formula is C26H36N2O2. The molecule has 30 heavy (non-hydrogen) atoms. The van der Waals surface area contributed by atoms with Crippen molar-refractivity contribution < 1.29 is 9.53 Å². The molecule has 0 radical (unpaired) electrons. The molecule has 0 unspecified atom stereocenters. The number of rotatable bonds is 7. The topological polar surface area (TPSA) is 41.6 Å². The molecule has 0 aromatic heterocycles. The van der Waals surface area contributed by atoms with Gasteiger partial charge in [-0.05, 0) is 67.9 Å². The summed E-state index contributed by atoms with van der Waals surface area (Å²) in [5, 5.41) is 3.09. The predicted molar refractivity (Wildman–Crippen MR) is 124 cm³/mol. The van der Waals surface area contributed by atoms with Crippen LogP contribution in [0.15, 0.2) is 48.5 Å². The maximum Gasteiger partial charge on any atom is 0.261 e. The fourth-order valence-corrected chi connectivity index (χ4v) is 4.12. The quantitative estimate of drug-likeness (QED) is 0.640. The average Bonchev–Trinajstić information content (AvgIpc) is 2.74. The molecule has 0 aliphatic carbocycles. The second-order valence-corrected chi connectivity index (χ2v) is 8.97. The van der Waals surface area contributed by atoms with Gasteiger partial charge in [-0.1, -0.05) is 51.1 Å². The molecule has 1 fully saturated rings. The van der Waals surface area contributed by atoms with Gasteiger partial charge in [0.1, 0.15) is 5.75 Å². The molecule has 0 saturated carbocycles. The van der Waals surface area contributed by atoms with E-state index in [0.717, 1.165) is 35.9 Å². The van der Waals surface area contributed by atoms with E-state index in [1.165, 1.54) is 18.5 Å². The summed E-state index contributed by atoms with van der Waals surface area (Å²) in [7, 11) is 0. The lowest BCUT2D eigenvalue weighted by molar-refractivity contribution is -0.127. The molecule has 4 nitrogen and oxygen atoms in total. The van der Waals surface area contributed by atoms with Gasteiger partial charge >= 0.3 is 0 Å². The van der Waals surface area contributed by atoms with Crippen LogP contribution in [-0.2, 0) is 4.79 Å². The van der Waals surface area contributed by atoms with E-state index in [1.54, 1.807) is 6.92 Å². The predicted octanol–water partition coefficient (Wildman–Crippen LogP) is 5.69. The number of benzene rings is 2. The second-order valence-electron chi connectivity index (χ2n) is 8.97. The SMILES string of the molecule is CC(C)c1ccccc1O[C@H](C)C(=O)N[C@@H](C)c1ccc(N2CCC[C@@H](C)C2)cc1. The number of hydrogen-bond acceptors (Lipinski definition) is 3. The van der Waals surface area contributed by atoms with Crippen LogP contribution in [0.1, 0.15) is 70.5 Å². The summed E-state index contributed by atoms with van der Waals surface area (Å²) >= 11 is 0. The van der Waals surface area contributed by atoms with E-state index in [1.807, 2.05) is 25.1 Å². The van der Waals surface area contributed by atoms with E-state index in [2.05, 4.69) is 61.3 Å². The van der Waals surface area contributed by atoms with E-state index in [-0.39, 0.29) is 11.9 Å². The van der Waals surface area contributed by atoms with Crippen molar-refractivity contribution in [1.82, 2.24) is 5.32 Å². The second kappa shape index (κ2) is 10.0. The van der Waals surface area contributed by atoms with Gasteiger partial charge in [0.15, 0.2) is 6.10 Å². The highest BCUT2D eigenvalue weighted by Gasteiger charge is 2.20. The van der Waals surface area contributed by atoms with Crippen molar-refractivity contribution >= 4 is 11.6 Å². The van der Waals surface area contributed by atoms with Crippen LogP contribution in [-0.4, -0.2) is 25.1 Å². The molecule has 1 saturated heterocycles. The number of ether oxygens (including phenoxy) is 1. The normalized spacial score (nSPS) is 18.7. The fourth-order valence-electron chi connectivity index (χ4n) is 4.12. The van der Waals surface area contributed by atoms with Crippen molar-refractivity contribution in [3.8, 4) is 5.75 Å². The third-order valence-electron chi connectivity index (χ3n) is 5.99. The first-order valence-electron chi connectivity index (χ1n) is 11.3. The maximum atomic E-state index is 12.7. The van der Waals surface area contributed by atoms with Crippen LogP contribution < -0.4 is 15.0 Å². The molecule has 0 spiro atoms. The zero-order valence-electron chi connectivity index (χ0n) is 19.0. The zero-order valence-corrected chi connectivity index (χ0v) is 19.0. The summed E-state index contributed by atoms with van der Waals surface area (Å²) in [5.74, 6) is 1.77. The molecule has 162 valence electrons. The minimum Gasteiger partial charge on any atom is -0.481 e. The third-order valence-corrected chi connectivity index (χ3v) is 5.99. The van der Waals surface area contributed by atoms with E-state index in [4.69, 9.17) is 4.74 Å². The van der Waals surface area contributed by atoms with E-state index >= 15 is 0 Å². The first-order valence-corrected chi connectivity index (χ1v) is 11.3. The van der Waals surface area contributed by atoms with Crippen LogP contribution in [0.4, 0.5) is 5.69 Å². The molecule has 1 amide bonds. The van der Waals surface area contributed by atoms with Crippen LogP contribution >= 0.6 is 0 Å². The average molecular weight is 409 g/mol. The summed E-state index contributed by atoms with van der Waals surface area (Å²) in [6, 6.07) is 16.5. The molecule has 3 rings (SSSR count). The molecule has 1 heterocycles. The van der Waals surface area contributed by atoms with Gasteiger partial charge in [-0.2, -0.15) is 0 Å². The Labute approximate surface area is 181 Å². The van der Waals surface area contributed by atoms with Crippen LogP contribution in [0.2, 0.25) is 0 Å². The Kier molecular flexibility index (Phi) is 7.41. The molecule has 1 aliphatic heterocycles. The summed E-state index contributed by atoms with van der Waals surface area (Å²) in [5.41, 5.74) is 3.49. The number of para-hydroxylation sites is 1. The number of piperidine rings is 1. The molecule has 2 aromatic carbocycles. The Balaban J connectivity index is 1.58. The Morgan fingerprint density at radius 3 is 2.43 bits per heavy atom. The van der Waals surface area contributed by atoms with E-state index in [0.29, 0.717) is 5.92 Å². The molecule has 0 bridgehead atoms. The third kappa shape index (κ3) is 5.56. The molecule has 1 aliphatic rings. The first kappa shape index (κ1) is 22.2. The van der Waals surface area contributed by atoms with E-state index < -0.39 is 6.10 Å². The Bertz CT molecular complexity index is 831. The standard InChI is InChI=1S/C26H36N2O2/c1-18(2)24-10-6-7-11-25(24)30-21(5)26(29)27-20(4)22-12-14-23(15-13-22)28-16-8-9-19(3)17-28/h6-7,10-15,18-21H,8-9,16-17H2,1-5H3,(H,27,29)/t19-,20+,21-/m1/s1. The summed E-state index contributed by atoms with van der Waals surface area (Å²) in [6.45, 7) is 12.7. The lowest BCUT2D eigenvalue weighted by Crippen LogP contribution is -2.38.